The van der Waals surface area contributed by atoms with E-state index >= 15 is 0 Å². The smallest absolute Gasteiger partial charge is 0.308 e. The number of ether oxygens (including phenoxy) is 1. The second-order valence-corrected chi connectivity index (χ2v) is 9.77. The molecule has 2 aromatic carbocycles. The van der Waals surface area contributed by atoms with E-state index in [-0.39, 0.29) is 17.1 Å². The molecule has 0 unspecified atom stereocenters. The van der Waals surface area contributed by atoms with Crippen LogP contribution in [0.1, 0.15) is 65.1 Å². The first-order valence-corrected chi connectivity index (χ1v) is 10.8. The first-order valence-electron chi connectivity index (χ1n) is 9.97. The molecule has 0 bridgehead atoms. The summed E-state index contributed by atoms with van der Waals surface area (Å²) >= 11 is 3.34. The molecule has 0 radical (unpaired) electrons. The predicted molar refractivity (Wildman–Crippen MR) is 124 cm³/mol. The van der Waals surface area contributed by atoms with Gasteiger partial charge in [-0.1, -0.05) is 38.0 Å². The van der Waals surface area contributed by atoms with Crippen LogP contribution in [-0.4, -0.2) is 29.3 Å². The third-order valence-electron chi connectivity index (χ3n) is 4.43. The molecule has 7 heteroatoms. The van der Waals surface area contributed by atoms with Crippen LogP contribution in [0.5, 0.6) is 5.75 Å². The summed E-state index contributed by atoms with van der Waals surface area (Å²) < 4.78 is 5.81. The minimum absolute atomic E-state index is 0.251. The first-order chi connectivity index (χ1) is 14.3. The zero-order valence-corrected chi connectivity index (χ0v) is 20.6. The van der Waals surface area contributed by atoms with E-state index < -0.39 is 11.9 Å². The number of hydrogen-bond acceptors (Lipinski definition) is 4. The van der Waals surface area contributed by atoms with Gasteiger partial charge in [-0.2, -0.15) is 0 Å². The lowest BCUT2D eigenvalue weighted by Gasteiger charge is -2.30. The van der Waals surface area contributed by atoms with E-state index in [1.165, 1.54) is 11.9 Å². The molecule has 1 N–H and O–H groups in total. The van der Waals surface area contributed by atoms with Gasteiger partial charge in [-0.15, -0.1) is 0 Å². The topological polar surface area (TPSA) is 75.7 Å². The van der Waals surface area contributed by atoms with Crippen LogP contribution < -0.4 is 10.2 Å². The summed E-state index contributed by atoms with van der Waals surface area (Å²) in [5.74, 6) is -0.950. The lowest BCUT2D eigenvalue weighted by Crippen LogP contribution is -2.49. The van der Waals surface area contributed by atoms with Crippen molar-refractivity contribution in [2.24, 2.45) is 5.41 Å². The Hall–Kier alpha value is -2.67. The maximum Gasteiger partial charge on any atom is 0.308 e. The van der Waals surface area contributed by atoms with E-state index in [9.17, 15) is 14.4 Å². The van der Waals surface area contributed by atoms with Gasteiger partial charge in [0, 0.05) is 30.2 Å². The highest BCUT2D eigenvalue weighted by Gasteiger charge is 2.26. The average molecular weight is 489 g/mol. The molecule has 0 saturated heterocycles. The van der Waals surface area contributed by atoms with Gasteiger partial charge in [-0.25, -0.2) is 5.01 Å². The van der Waals surface area contributed by atoms with Crippen LogP contribution in [-0.2, 0) is 4.79 Å². The Morgan fingerprint density at radius 2 is 1.61 bits per heavy atom. The summed E-state index contributed by atoms with van der Waals surface area (Å²) in [6, 6.07) is 8.87. The number of amides is 2. The van der Waals surface area contributed by atoms with E-state index in [1.807, 2.05) is 40.7 Å². The maximum absolute atomic E-state index is 13.3. The van der Waals surface area contributed by atoms with Crippen molar-refractivity contribution in [1.29, 1.82) is 0 Å². The van der Waals surface area contributed by atoms with Crippen LogP contribution in [0.3, 0.4) is 0 Å². The molecule has 2 aromatic rings. The Balaban J connectivity index is 2.40. The molecule has 0 aliphatic carbocycles. The summed E-state index contributed by atoms with van der Waals surface area (Å²) in [6.07, 6.45) is 0. The minimum atomic E-state index is -0.485. The number of benzene rings is 2. The molecule has 0 aliphatic heterocycles. The zero-order valence-electron chi connectivity index (χ0n) is 19.1. The lowest BCUT2D eigenvalue weighted by molar-refractivity contribution is -0.132. The molecule has 0 spiro atoms. The minimum Gasteiger partial charge on any atom is -0.425 e. The second kappa shape index (κ2) is 9.64. The van der Waals surface area contributed by atoms with Crippen molar-refractivity contribution < 1.29 is 19.1 Å². The summed E-state index contributed by atoms with van der Waals surface area (Å²) in [4.78, 5) is 37.8. The van der Waals surface area contributed by atoms with Gasteiger partial charge in [-0.3, -0.25) is 19.8 Å². The van der Waals surface area contributed by atoms with Crippen LogP contribution in [0.15, 0.2) is 34.8 Å². The molecule has 0 atom stereocenters. The van der Waals surface area contributed by atoms with E-state index in [0.717, 1.165) is 11.1 Å². The number of carbonyl (C=O) groups is 3. The van der Waals surface area contributed by atoms with Gasteiger partial charge in [-0.05, 0) is 66.4 Å². The molecule has 6 nitrogen and oxygen atoms in total. The van der Waals surface area contributed by atoms with E-state index in [4.69, 9.17) is 4.74 Å². The fourth-order valence-electron chi connectivity index (χ4n) is 3.25. The van der Waals surface area contributed by atoms with E-state index in [0.29, 0.717) is 27.7 Å². The van der Waals surface area contributed by atoms with Crippen molar-refractivity contribution in [2.75, 3.05) is 6.54 Å². The molecular weight excluding hydrogens is 460 g/mol. The zero-order chi connectivity index (χ0) is 23.5. The van der Waals surface area contributed by atoms with Gasteiger partial charge in [0.25, 0.3) is 11.8 Å². The van der Waals surface area contributed by atoms with Crippen LogP contribution in [0.25, 0.3) is 0 Å². The quantitative estimate of drug-likeness (QED) is 0.367. The fraction of sp³-hybridized carbons (Fsp3) is 0.375. The molecule has 0 aliphatic rings. The summed E-state index contributed by atoms with van der Waals surface area (Å²) in [7, 11) is 0. The Morgan fingerprint density at radius 3 is 2.13 bits per heavy atom. The van der Waals surface area contributed by atoms with Crippen LogP contribution in [0.4, 0.5) is 0 Å². The van der Waals surface area contributed by atoms with Crippen LogP contribution in [0, 0.1) is 26.2 Å². The Kier molecular flexibility index (Phi) is 7.65. The number of hydrazine groups is 1. The van der Waals surface area contributed by atoms with Gasteiger partial charge < -0.3 is 4.74 Å². The number of carbonyl (C=O) groups excluding carboxylic acids is 3. The van der Waals surface area contributed by atoms with E-state index in [1.54, 1.807) is 31.2 Å². The van der Waals surface area contributed by atoms with Crippen molar-refractivity contribution in [2.45, 2.75) is 48.5 Å². The van der Waals surface area contributed by atoms with Gasteiger partial charge in [0.1, 0.15) is 5.75 Å². The Bertz CT molecular complexity index is 1000. The van der Waals surface area contributed by atoms with Crippen molar-refractivity contribution in [1.82, 2.24) is 10.4 Å². The van der Waals surface area contributed by atoms with Gasteiger partial charge in [0.15, 0.2) is 0 Å². The fourth-order valence-corrected chi connectivity index (χ4v) is 3.76. The van der Waals surface area contributed by atoms with E-state index in [2.05, 4.69) is 21.4 Å². The predicted octanol–water partition coefficient (Wildman–Crippen LogP) is 5.13. The van der Waals surface area contributed by atoms with Gasteiger partial charge in [0.05, 0.1) is 4.47 Å². The molecule has 2 amide bonds. The molecule has 166 valence electrons. The highest BCUT2D eigenvalue weighted by molar-refractivity contribution is 9.10. The molecule has 31 heavy (non-hydrogen) atoms. The summed E-state index contributed by atoms with van der Waals surface area (Å²) in [5.41, 5.74) is 5.77. The maximum atomic E-state index is 13.3. The third-order valence-corrected chi connectivity index (χ3v) is 5.06. The largest absolute Gasteiger partial charge is 0.425 e. The van der Waals surface area contributed by atoms with Gasteiger partial charge >= 0.3 is 5.97 Å². The van der Waals surface area contributed by atoms with Crippen molar-refractivity contribution >= 4 is 33.7 Å². The number of nitrogens with zero attached hydrogens (tertiary/aromatic N) is 1. The average Bonchev–Trinajstić information content (AvgIpc) is 2.61. The normalized spacial score (nSPS) is 11.1. The highest BCUT2D eigenvalue weighted by atomic mass is 79.9. The molecule has 0 aromatic heterocycles. The third kappa shape index (κ3) is 6.66. The number of hydrogen-bond donors (Lipinski definition) is 1. The number of esters is 1. The second-order valence-electron chi connectivity index (χ2n) is 8.91. The molecule has 0 heterocycles. The van der Waals surface area contributed by atoms with Crippen molar-refractivity contribution in [3.05, 3.63) is 62.6 Å². The standard InChI is InChI=1S/C24H29BrN2O4/c1-14-10-15(2)12-18(11-14)23(30)27(13-24(5,6)7)26-22(29)19-8-9-20(25)21(16(19)3)31-17(4)28/h8-12H,13H2,1-7H3,(H,26,29). The molecular formula is C24H29BrN2O4. The SMILES string of the molecule is CC(=O)Oc1c(Br)ccc(C(=O)NN(CC(C)(C)C)C(=O)c2cc(C)cc(C)c2)c1C. The number of aryl methyl sites for hydroxylation is 2. The van der Waals surface area contributed by atoms with Crippen LogP contribution in [0.2, 0.25) is 0 Å². The van der Waals surface area contributed by atoms with Crippen molar-refractivity contribution in [3.8, 4) is 5.75 Å². The van der Waals surface area contributed by atoms with Crippen LogP contribution >= 0.6 is 15.9 Å². The Morgan fingerprint density at radius 1 is 1.03 bits per heavy atom. The number of rotatable bonds is 4. The number of nitrogens with one attached hydrogen (secondary N) is 1. The Labute approximate surface area is 192 Å². The monoisotopic (exact) mass is 488 g/mol. The molecule has 0 fully saturated rings. The summed E-state index contributed by atoms with van der Waals surface area (Å²) in [6.45, 7) is 13.1. The molecule has 2 rings (SSSR count). The molecule has 0 saturated carbocycles. The van der Waals surface area contributed by atoms with Gasteiger partial charge in [0.2, 0.25) is 0 Å². The highest BCUT2D eigenvalue weighted by Crippen LogP contribution is 2.31. The lowest BCUT2D eigenvalue weighted by atomic mass is 9.96. The van der Waals surface area contributed by atoms with Crippen molar-refractivity contribution in [3.63, 3.8) is 0 Å². The summed E-state index contributed by atoms with van der Waals surface area (Å²) in [5, 5.41) is 1.35. The number of halogens is 1. The first kappa shape index (κ1) is 24.6.